The summed E-state index contributed by atoms with van der Waals surface area (Å²) < 4.78 is 37.0. The number of carbonyl (C=O) groups excluding carboxylic acids is 2. The largest absolute Gasteiger partial charge is 0.459 e. The number of carbonyl (C=O) groups is 2. The fourth-order valence-corrected chi connectivity index (χ4v) is 4.43. The van der Waals surface area contributed by atoms with E-state index >= 15 is 4.39 Å². The molecule has 1 unspecified atom stereocenters. The molecule has 0 bridgehead atoms. The molecule has 7 heteroatoms. The number of fused-ring (bicyclic) bond motifs is 2. The first-order valence-corrected chi connectivity index (χ1v) is 11.7. The first-order chi connectivity index (χ1) is 17.5. The van der Waals surface area contributed by atoms with Gasteiger partial charge in [0.2, 0.25) is 0 Å². The summed E-state index contributed by atoms with van der Waals surface area (Å²) >= 11 is 0. The van der Waals surface area contributed by atoms with E-state index in [1.807, 2.05) is 54.6 Å². The van der Waals surface area contributed by atoms with Gasteiger partial charge in [-0.05, 0) is 45.8 Å². The summed E-state index contributed by atoms with van der Waals surface area (Å²) in [6.07, 6.45) is -4.82. The second-order valence-electron chi connectivity index (χ2n) is 8.70. The van der Waals surface area contributed by atoms with Crippen LogP contribution in [0.15, 0.2) is 84.9 Å². The van der Waals surface area contributed by atoms with Crippen molar-refractivity contribution in [3.8, 4) is 0 Å². The van der Waals surface area contributed by atoms with Crippen molar-refractivity contribution in [2.24, 2.45) is 0 Å². The zero-order valence-electron chi connectivity index (χ0n) is 19.6. The summed E-state index contributed by atoms with van der Waals surface area (Å²) in [6.45, 7) is -0.303. The predicted octanol–water partition coefficient (Wildman–Crippen LogP) is 5.13. The third-order valence-electron chi connectivity index (χ3n) is 6.31. The summed E-state index contributed by atoms with van der Waals surface area (Å²) in [4.78, 5) is 25.6. The van der Waals surface area contributed by atoms with Crippen LogP contribution in [0, 0.1) is 0 Å². The first kappa shape index (κ1) is 23.9. The van der Waals surface area contributed by atoms with Gasteiger partial charge in [-0.25, -0.2) is 14.0 Å². The zero-order valence-corrected chi connectivity index (χ0v) is 19.6. The highest BCUT2D eigenvalue weighted by Gasteiger charge is 2.48. The molecule has 0 aliphatic carbocycles. The van der Waals surface area contributed by atoms with Crippen molar-refractivity contribution in [3.05, 3.63) is 96.1 Å². The highest BCUT2D eigenvalue weighted by atomic mass is 19.1. The number of hydrogen-bond donors (Lipinski definition) is 0. The van der Waals surface area contributed by atoms with Gasteiger partial charge >= 0.3 is 11.9 Å². The molecule has 5 rings (SSSR count). The Labute approximate surface area is 207 Å². The van der Waals surface area contributed by atoms with E-state index in [9.17, 15) is 9.59 Å². The van der Waals surface area contributed by atoms with Crippen LogP contribution in [-0.4, -0.2) is 56.7 Å². The summed E-state index contributed by atoms with van der Waals surface area (Å²) in [5, 5.41) is 3.73. The smallest absolute Gasteiger partial charge is 0.338 e. The number of benzene rings is 4. The van der Waals surface area contributed by atoms with Gasteiger partial charge < -0.3 is 18.9 Å². The molecule has 0 N–H and O–H groups in total. The minimum atomic E-state index is -1.64. The van der Waals surface area contributed by atoms with Crippen molar-refractivity contribution in [3.63, 3.8) is 0 Å². The Bertz CT molecular complexity index is 1400. The van der Waals surface area contributed by atoms with Gasteiger partial charge in [0.25, 0.3) is 0 Å². The Morgan fingerprint density at radius 2 is 1.31 bits per heavy atom. The second kappa shape index (κ2) is 10.4. The van der Waals surface area contributed by atoms with Gasteiger partial charge in [-0.3, -0.25) is 0 Å². The van der Waals surface area contributed by atoms with Crippen LogP contribution in [-0.2, 0) is 18.9 Å². The van der Waals surface area contributed by atoms with Crippen LogP contribution in [0.1, 0.15) is 20.7 Å². The molecular formula is C29H25FO6. The van der Waals surface area contributed by atoms with Crippen LogP contribution in [0.5, 0.6) is 0 Å². The van der Waals surface area contributed by atoms with Crippen molar-refractivity contribution in [1.82, 2.24) is 0 Å². The monoisotopic (exact) mass is 488 g/mol. The molecule has 36 heavy (non-hydrogen) atoms. The Hall–Kier alpha value is -3.81. The Morgan fingerprint density at radius 3 is 1.89 bits per heavy atom. The van der Waals surface area contributed by atoms with Crippen LogP contribution >= 0.6 is 0 Å². The number of rotatable bonds is 7. The Balaban J connectivity index is 1.30. The first-order valence-electron chi connectivity index (χ1n) is 11.7. The van der Waals surface area contributed by atoms with E-state index in [-0.39, 0.29) is 13.2 Å². The predicted molar refractivity (Wildman–Crippen MR) is 133 cm³/mol. The molecule has 0 spiro atoms. The summed E-state index contributed by atoms with van der Waals surface area (Å²) in [5.74, 6) is -1.25. The van der Waals surface area contributed by atoms with E-state index in [4.69, 9.17) is 18.9 Å². The number of alkyl halides is 1. The maximum absolute atomic E-state index is 15.2. The molecule has 1 fully saturated rings. The maximum Gasteiger partial charge on any atom is 0.338 e. The Kier molecular flexibility index (Phi) is 6.93. The van der Waals surface area contributed by atoms with Crippen molar-refractivity contribution >= 4 is 33.5 Å². The summed E-state index contributed by atoms with van der Waals surface area (Å²) in [6, 6.07) is 25.6. The minimum Gasteiger partial charge on any atom is -0.459 e. The average molecular weight is 489 g/mol. The molecule has 1 saturated heterocycles. The lowest BCUT2D eigenvalue weighted by Gasteiger charge is -2.20. The normalized spacial score (nSPS) is 21.5. The lowest BCUT2D eigenvalue weighted by Crippen LogP contribution is -2.37. The summed E-state index contributed by atoms with van der Waals surface area (Å²) in [7, 11) is 1.43. The Morgan fingerprint density at radius 1 is 0.750 bits per heavy atom. The van der Waals surface area contributed by atoms with Crippen LogP contribution < -0.4 is 0 Å². The molecule has 6 nitrogen and oxygen atoms in total. The minimum absolute atomic E-state index is 0.0275. The van der Waals surface area contributed by atoms with E-state index in [0.29, 0.717) is 11.1 Å². The summed E-state index contributed by atoms with van der Waals surface area (Å²) in [5.41, 5.74) is 0.657. The van der Waals surface area contributed by atoms with Crippen LogP contribution in [0.4, 0.5) is 4.39 Å². The van der Waals surface area contributed by atoms with Gasteiger partial charge in [0.1, 0.15) is 18.8 Å². The number of hydrogen-bond acceptors (Lipinski definition) is 6. The van der Waals surface area contributed by atoms with Crippen LogP contribution in [0.3, 0.4) is 0 Å². The molecular weight excluding hydrogens is 463 g/mol. The molecule has 4 aromatic carbocycles. The molecule has 0 saturated carbocycles. The van der Waals surface area contributed by atoms with E-state index in [0.717, 1.165) is 21.5 Å². The second-order valence-corrected chi connectivity index (χ2v) is 8.70. The molecule has 1 aliphatic rings. The van der Waals surface area contributed by atoms with E-state index in [1.165, 1.54) is 7.11 Å². The average Bonchev–Trinajstić information content (AvgIpc) is 3.20. The van der Waals surface area contributed by atoms with Crippen molar-refractivity contribution in [2.45, 2.75) is 24.5 Å². The molecule has 1 heterocycles. The van der Waals surface area contributed by atoms with Gasteiger partial charge in [0.05, 0.1) is 17.7 Å². The highest BCUT2D eigenvalue weighted by Crippen LogP contribution is 2.29. The van der Waals surface area contributed by atoms with Crippen molar-refractivity contribution < 1.29 is 32.9 Å². The molecule has 0 amide bonds. The number of esters is 2. The molecule has 184 valence electrons. The van der Waals surface area contributed by atoms with Gasteiger partial charge in [-0.15, -0.1) is 0 Å². The quantitative estimate of drug-likeness (QED) is 0.336. The van der Waals surface area contributed by atoms with Gasteiger partial charge in [-0.2, -0.15) is 0 Å². The van der Waals surface area contributed by atoms with Crippen LogP contribution in [0.2, 0.25) is 0 Å². The highest BCUT2D eigenvalue weighted by molar-refractivity contribution is 5.96. The molecule has 4 aromatic rings. The van der Waals surface area contributed by atoms with Gasteiger partial charge in [-0.1, -0.05) is 60.7 Å². The maximum atomic E-state index is 15.2. The van der Waals surface area contributed by atoms with Crippen molar-refractivity contribution in [1.29, 1.82) is 0 Å². The fourth-order valence-electron chi connectivity index (χ4n) is 4.43. The topological polar surface area (TPSA) is 71.1 Å². The lowest BCUT2D eigenvalue weighted by atomic mass is 10.1. The van der Waals surface area contributed by atoms with E-state index < -0.39 is 36.4 Å². The van der Waals surface area contributed by atoms with Gasteiger partial charge in [0, 0.05) is 7.11 Å². The standard InChI is InChI=1S/C29H25FO6/c1-33-16-24-26(30)27(36-29(32)23-13-11-19-7-3-5-9-21(19)15-23)25(35-24)17-34-28(31)22-12-10-18-6-2-4-8-20(18)14-22/h2-15,24-27H,16-17H2,1H3/t24?,25-,26-,27-/m1/s1. The van der Waals surface area contributed by atoms with Crippen LogP contribution in [0.25, 0.3) is 21.5 Å². The van der Waals surface area contributed by atoms with Crippen molar-refractivity contribution in [2.75, 3.05) is 20.3 Å². The molecule has 0 aromatic heterocycles. The third-order valence-corrected chi connectivity index (χ3v) is 6.31. The molecule has 4 atom stereocenters. The number of ether oxygens (including phenoxy) is 4. The number of halogens is 1. The lowest BCUT2D eigenvalue weighted by molar-refractivity contribution is -0.0543. The SMILES string of the molecule is COCC1O[C@H](COC(=O)c2ccc3ccccc3c2)[C@@H](OC(=O)c2ccc3ccccc3c2)[C@@H]1F. The number of methoxy groups -OCH3 is 1. The molecule has 0 radical (unpaired) electrons. The van der Waals surface area contributed by atoms with Gasteiger partial charge in [0.15, 0.2) is 12.3 Å². The fraction of sp³-hybridized carbons (Fsp3) is 0.241. The van der Waals surface area contributed by atoms with E-state index in [1.54, 1.807) is 30.3 Å². The third kappa shape index (κ3) is 4.94. The molecule has 1 aliphatic heterocycles. The zero-order chi connectivity index (χ0) is 25.1. The van der Waals surface area contributed by atoms with E-state index in [2.05, 4.69) is 0 Å².